The number of amides is 1. The van der Waals surface area contributed by atoms with Gasteiger partial charge in [0.1, 0.15) is 6.04 Å². The molecular weight excluding hydrogens is 631 g/mol. The van der Waals surface area contributed by atoms with Crippen molar-refractivity contribution in [3.05, 3.63) is 109 Å². The zero-order chi connectivity index (χ0) is 36.9. The minimum atomic E-state index is -0.362. The molecule has 1 amide bonds. The molecule has 8 heteroatoms. The van der Waals surface area contributed by atoms with Crippen molar-refractivity contribution < 1.29 is 4.79 Å². The summed E-state index contributed by atoms with van der Waals surface area (Å²) in [6, 6.07) is 19.8. The van der Waals surface area contributed by atoms with Crippen LogP contribution >= 0.6 is 0 Å². The van der Waals surface area contributed by atoms with E-state index in [1.54, 1.807) is 0 Å². The molecule has 0 bridgehead atoms. The normalized spacial score (nSPS) is 23.2. The average Bonchev–Trinajstić information content (AvgIpc) is 3.79. The summed E-state index contributed by atoms with van der Waals surface area (Å²) in [6.45, 7) is 28.2. The summed E-state index contributed by atoms with van der Waals surface area (Å²) in [7, 11) is 0. The van der Waals surface area contributed by atoms with Crippen molar-refractivity contribution in [1.29, 1.82) is 0 Å². The van der Waals surface area contributed by atoms with E-state index in [2.05, 4.69) is 83.2 Å². The lowest BCUT2D eigenvalue weighted by Crippen LogP contribution is -2.49. The number of fused-ring (bicyclic) bond motifs is 1. The van der Waals surface area contributed by atoms with Gasteiger partial charge < -0.3 is 36.8 Å². The van der Waals surface area contributed by atoms with Crippen molar-refractivity contribution in [1.82, 2.24) is 25.3 Å². The molecule has 2 aromatic carbocycles. The molecule has 3 aliphatic heterocycles. The van der Waals surface area contributed by atoms with E-state index in [0.717, 1.165) is 49.4 Å². The first-order chi connectivity index (χ1) is 24.7. The molecule has 0 spiro atoms. The summed E-state index contributed by atoms with van der Waals surface area (Å²) >= 11 is 0. The standard InChI is InChI=1S/C41H61N7O.C2H6/c1-6-21-46-25-35-27-47(28-36(35)26-46)32(5)40(19-13-14-20-42)48-29(2)22-39(41(48)49)45-31(4)38(24-34-17-11-8-12-18-34)44-30(3)37(43)23-33-15-9-7-10-16-33;1-2/h7-12,15-18,29,35-40,44-45H,3-6,13-14,19-28,42-43H2,1-2H3;1-2H3. The smallest absolute Gasteiger partial charge is 0.245 e. The Morgan fingerprint density at radius 1 is 0.882 bits per heavy atom. The summed E-state index contributed by atoms with van der Waals surface area (Å²) in [5.74, 6) is 1.49. The van der Waals surface area contributed by atoms with Crippen LogP contribution in [0.1, 0.15) is 70.9 Å². The lowest BCUT2D eigenvalue weighted by atomic mass is 10.00. The molecule has 51 heavy (non-hydrogen) atoms. The minimum absolute atomic E-state index is 0.0336. The van der Waals surface area contributed by atoms with Gasteiger partial charge >= 0.3 is 0 Å². The maximum atomic E-state index is 14.3. The number of hydrogen-bond donors (Lipinski definition) is 4. The lowest BCUT2D eigenvalue weighted by molar-refractivity contribution is -0.132. The number of carbonyl (C=O) groups excluding carboxylic acids is 1. The third kappa shape index (κ3) is 10.7. The predicted octanol–water partition coefficient (Wildman–Crippen LogP) is 5.67. The zero-order valence-corrected chi connectivity index (χ0v) is 32.0. The molecule has 3 aliphatic rings. The van der Waals surface area contributed by atoms with E-state index >= 15 is 0 Å². The molecule has 0 radical (unpaired) electrons. The highest BCUT2D eigenvalue weighted by Crippen LogP contribution is 2.36. The monoisotopic (exact) mass is 698 g/mol. The average molecular weight is 698 g/mol. The van der Waals surface area contributed by atoms with Crippen LogP contribution in [-0.4, -0.2) is 90.1 Å². The number of unbranched alkanes of at least 4 members (excludes halogenated alkanes) is 1. The van der Waals surface area contributed by atoms with Crippen LogP contribution in [0.25, 0.3) is 0 Å². The number of hydrogen-bond acceptors (Lipinski definition) is 7. The van der Waals surface area contributed by atoms with E-state index in [1.807, 2.05) is 50.2 Å². The van der Waals surface area contributed by atoms with E-state index in [-0.39, 0.29) is 36.1 Å². The van der Waals surface area contributed by atoms with E-state index in [0.29, 0.717) is 37.6 Å². The second kappa shape index (κ2) is 19.9. The Kier molecular flexibility index (Phi) is 15.7. The van der Waals surface area contributed by atoms with Crippen LogP contribution in [0.5, 0.6) is 0 Å². The van der Waals surface area contributed by atoms with Crippen LogP contribution in [0.2, 0.25) is 0 Å². The molecule has 3 fully saturated rings. The van der Waals surface area contributed by atoms with Crippen LogP contribution in [0.4, 0.5) is 0 Å². The number of nitrogens with two attached hydrogens (primary N) is 2. The second-order valence-electron chi connectivity index (χ2n) is 14.7. The van der Waals surface area contributed by atoms with Crippen molar-refractivity contribution >= 4 is 5.91 Å². The van der Waals surface area contributed by atoms with Crippen LogP contribution in [0, 0.1) is 11.8 Å². The number of carbonyl (C=O) groups is 1. The number of rotatable bonds is 19. The molecule has 0 aromatic heterocycles. The topological polar surface area (TPSA) is 103 Å². The Labute approximate surface area is 309 Å². The van der Waals surface area contributed by atoms with Crippen LogP contribution in [-0.2, 0) is 17.6 Å². The molecule has 7 unspecified atom stereocenters. The first kappa shape index (κ1) is 40.2. The van der Waals surface area contributed by atoms with Crippen LogP contribution in [0.3, 0.4) is 0 Å². The SMILES string of the molecule is C=C(NC(Cc1ccccc1)C(=C)NC1CC(C)N(C(CCCCN)C(=C)N2CC3CN(CCC)CC3C2)C1=O)C(N)Cc1ccccc1.CC. The molecule has 0 saturated carbocycles. The number of nitrogens with one attached hydrogen (secondary N) is 2. The molecular formula is C43H67N7O. The summed E-state index contributed by atoms with van der Waals surface area (Å²) < 4.78 is 0. The molecule has 8 nitrogen and oxygen atoms in total. The molecule has 3 heterocycles. The number of nitrogens with zero attached hydrogens (tertiary/aromatic N) is 3. The maximum Gasteiger partial charge on any atom is 0.245 e. The van der Waals surface area contributed by atoms with Crippen molar-refractivity contribution in [2.75, 3.05) is 39.3 Å². The van der Waals surface area contributed by atoms with Gasteiger partial charge in [0, 0.05) is 55.4 Å². The van der Waals surface area contributed by atoms with Crippen molar-refractivity contribution in [2.24, 2.45) is 23.3 Å². The van der Waals surface area contributed by atoms with E-state index in [4.69, 9.17) is 11.5 Å². The third-order valence-corrected chi connectivity index (χ3v) is 10.9. The Balaban J connectivity index is 0.00000286. The first-order valence-electron chi connectivity index (χ1n) is 19.6. The molecule has 3 saturated heterocycles. The highest BCUT2D eigenvalue weighted by Gasteiger charge is 2.45. The maximum absolute atomic E-state index is 14.3. The van der Waals surface area contributed by atoms with E-state index in [1.165, 1.54) is 37.2 Å². The summed E-state index contributed by atoms with van der Waals surface area (Å²) in [5.41, 5.74) is 17.5. The van der Waals surface area contributed by atoms with E-state index in [9.17, 15) is 4.79 Å². The minimum Gasteiger partial charge on any atom is -0.379 e. The summed E-state index contributed by atoms with van der Waals surface area (Å²) in [4.78, 5) is 21.6. The fourth-order valence-corrected chi connectivity index (χ4v) is 8.27. The Morgan fingerprint density at radius 3 is 2.04 bits per heavy atom. The molecule has 7 atom stereocenters. The largest absolute Gasteiger partial charge is 0.379 e. The van der Waals surface area contributed by atoms with E-state index < -0.39 is 0 Å². The van der Waals surface area contributed by atoms with Crippen molar-refractivity contribution in [3.8, 4) is 0 Å². The molecule has 280 valence electrons. The summed E-state index contributed by atoms with van der Waals surface area (Å²) in [5, 5.41) is 7.18. The van der Waals surface area contributed by atoms with Crippen molar-refractivity contribution in [3.63, 3.8) is 0 Å². The molecule has 2 aromatic rings. The predicted molar refractivity (Wildman–Crippen MR) is 214 cm³/mol. The van der Waals surface area contributed by atoms with Crippen LogP contribution in [0.15, 0.2) is 97.5 Å². The van der Waals surface area contributed by atoms with Gasteiger partial charge in [-0.05, 0) is 87.9 Å². The zero-order valence-electron chi connectivity index (χ0n) is 32.0. The lowest BCUT2D eigenvalue weighted by Gasteiger charge is -2.38. The number of benzene rings is 2. The van der Waals surface area contributed by atoms with Gasteiger partial charge in [-0.15, -0.1) is 0 Å². The number of likely N-dealkylation sites (tertiary alicyclic amines) is 3. The Hall–Kier alpha value is -3.59. The van der Waals surface area contributed by atoms with Gasteiger partial charge in [0.15, 0.2) is 0 Å². The van der Waals surface area contributed by atoms with Gasteiger partial charge in [-0.25, -0.2) is 0 Å². The Bertz CT molecular complexity index is 1380. The van der Waals surface area contributed by atoms with Gasteiger partial charge in [0.05, 0.1) is 12.1 Å². The van der Waals surface area contributed by atoms with Crippen LogP contribution < -0.4 is 22.1 Å². The molecule has 5 rings (SSSR count). The fraction of sp³-hybridized carbons (Fsp3) is 0.558. The first-order valence-corrected chi connectivity index (χ1v) is 19.6. The quantitative estimate of drug-likeness (QED) is 0.140. The van der Waals surface area contributed by atoms with Gasteiger partial charge in [0.25, 0.3) is 0 Å². The third-order valence-electron chi connectivity index (χ3n) is 10.9. The van der Waals surface area contributed by atoms with Gasteiger partial charge in [-0.2, -0.15) is 0 Å². The van der Waals surface area contributed by atoms with Crippen molar-refractivity contribution in [2.45, 2.75) is 103 Å². The molecule has 0 aliphatic carbocycles. The second-order valence-corrected chi connectivity index (χ2v) is 14.7. The fourth-order valence-electron chi connectivity index (χ4n) is 8.27. The van der Waals surface area contributed by atoms with Gasteiger partial charge in [-0.3, -0.25) is 4.79 Å². The molecule has 6 N–H and O–H groups in total. The highest BCUT2D eigenvalue weighted by atomic mass is 16.2. The Morgan fingerprint density at radius 2 is 1.47 bits per heavy atom. The van der Waals surface area contributed by atoms with Gasteiger partial charge in [-0.1, -0.05) is 101 Å². The highest BCUT2D eigenvalue weighted by molar-refractivity contribution is 5.85. The van der Waals surface area contributed by atoms with Gasteiger partial charge in [0.2, 0.25) is 5.91 Å². The summed E-state index contributed by atoms with van der Waals surface area (Å²) in [6.07, 6.45) is 6.08.